The van der Waals surface area contributed by atoms with E-state index in [0.717, 1.165) is 56.5 Å². The Bertz CT molecular complexity index is 784. The third-order valence-corrected chi connectivity index (χ3v) is 6.11. The number of imidazole rings is 1. The highest BCUT2D eigenvalue weighted by molar-refractivity contribution is 14.0. The van der Waals surface area contributed by atoms with Crippen molar-refractivity contribution >= 4 is 35.8 Å². The molecule has 2 aliphatic rings. The molecule has 2 saturated heterocycles. The normalized spacial score (nSPS) is 22.1. The zero-order valence-electron chi connectivity index (χ0n) is 18.1. The average molecular weight is 523 g/mol. The fourth-order valence-electron chi connectivity index (χ4n) is 4.33. The molecule has 2 aromatic rings. The number of hydrogen-bond acceptors (Lipinski definition) is 4. The lowest BCUT2D eigenvalue weighted by atomic mass is 9.93. The first-order valence-corrected chi connectivity index (χ1v) is 10.9. The molecule has 0 spiro atoms. The van der Waals surface area contributed by atoms with Crippen LogP contribution in [0.4, 0.5) is 5.82 Å². The minimum atomic E-state index is 0. The number of aromatic nitrogens is 3. The molecule has 0 bridgehead atoms. The second-order valence-corrected chi connectivity index (χ2v) is 8.18. The first-order chi connectivity index (χ1) is 14.2. The SMILES string of the molecule is CCNC(=NCc1ccc(N2CCCC2)nc1)N1CCC(C)C(n2ccnc2)C1.I. The number of anilines is 1. The Balaban J connectivity index is 0.00000256. The number of halogens is 1. The van der Waals surface area contributed by atoms with Gasteiger partial charge in [0.1, 0.15) is 5.82 Å². The lowest BCUT2D eigenvalue weighted by Crippen LogP contribution is -2.49. The molecule has 0 aromatic carbocycles. The first-order valence-electron chi connectivity index (χ1n) is 10.9. The fraction of sp³-hybridized carbons (Fsp3) is 0.591. The third-order valence-electron chi connectivity index (χ3n) is 6.11. The Kier molecular flexibility index (Phi) is 8.35. The summed E-state index contributed by atoms with van der Waals surface area (Å²) in [6.07, 6.45) is 11.5. The molecule has 2 atom stereocenters. The molecular weight excluding hydrogens is 489 g/mol. The predicted molar refractivity (Wildman–Crippen MR) is 133 cm³/mol. The topological polar surface area (TPSA) is 61.6 Å². The molecule has 0 saturated carbocycles. The molecule has 2 aromatic heterocycles. The maximum atomic E-state index is 4.93. The molecule has 0 radical (unpaired) electrons. The summed E-state index contributed by atoms with van der Waals surface area (Å²) in [5.41, 5.74) is 1.15. The van der Waals surface area contributed by atoms with Gasteiger partial charge >= 0.3 is 0 Å². The highest BCUT2D eigenvalue weighted by Crippen LogP contribution is 2.27. The predicted octanol–water partition coefficient (Wildman–Crippen LogP) is 3.54. The van der Waals surface area contributed by atoms with Crippen LogP contribution < -0.4 is 10.2 Å². The van der Waals surface area contributed by atoms with Gasteiger partial charge in [-0.3, -0.25) is 0 Å². The smallest absolute Gasteiger partial charge is 0.194 e. The summed E-state index contributed by atoms with van der Waals surface area (Å²) in [6.45, 7) is 10.2. The average Bonchev–Trinajstić information content (AvgIpc) is 3.46. The lowest BCUT2D eigenvalue weighted by molar-refractivity contribution is 0.189. The molecule has 0 amide bonds. The van der Waals surface area contributed by atoms with Gasteiger partial charge in [-0.15, -0.1) is 24.0 Å². The number of pyridine rings is 1. The molecule has 4 heterocycles. The maximum Gasteiger partial charge on any atom is 0.194 e. The van der Waals surface area contributed by atoms with Crippen LogP contribution in [0.15, 0.2) is 42.0 Å². The van der Waals surface area contributed by atoms with Crippen LogP contribution in [0.1, 0.15) is 44.7 Å². The zero-order chi connectivity index (χ0) is 20.1. The number of rotatable bonds is 5. The zero-order valence-corrected chi connectivity index (χ0v) is 20.4. The second-order valence-electron chi connectivity index (χ2n) is 8.18. The number of nitrogens with zero attached hydrogens (tertiary/aromatic N) is 6. The Morgan fingerprint density at radius 3 is 2.73 bits per heavy atom. The number of nitrogens with one attached hydrogen (secondary N) is 1. The molecule has 2 fully saturated rings. The summed E-state index contributed by atoms with van der Waals surface area (Å²) in [6, 6.07) is 4.73. The molecule has 164 valence electrons. The summed E-state index contributed by atoms with van der Waals surface area (Å²) >= 11 is 0. The van der Waals surface area contributed by atoms with Crippen molar-refractivity contribution in [1.82, 2.24) is 24.8 Å². The Labute approximate surface area is 197 Å². The van der Waals surface area contributed by atoms with Crippen LogP contribution >= 0.6 is 24.0 Å². The standard InChI is InChI=1S/C22H33N7.HI/c1-3-24-22(28-12-8-18(2)20(16-28)29-13-9-23-17-29)26-15-19-6-7-21(25-14-19)27-10-4-5-11-27;/h6-7,9,13-14,17-18,20H,3-5,8,10-12,15-16H2,1-2H3,(H,24,26);1H. The van der Waals surface area contributed by atoms with Crippen LogP contribution in [0.3, 0.4) is 0 Å². The highest BCUT2D eigenvalue weighted by atomic mass is 127. The third kappa shape index (κ3) is 5.44. The molecular formula is C22H34IN7. The van der Waals surface area contributed by atoms with Gasteiger partial charge in [0.15, 0.2) is 5.96 Å². The summed E-state index contributed by atoms with van der Waals surface area (Å²) < 4.78 is 2.24. The van der Waals surface area contributed by atoms with E-state index in [2.05, 4.69) is 61.8 Å². The van der Waals surface area contributed by atoms with Gasteiger partial charge in [-0.2, -0.15) is 0 Å². The molecule has 4 rings (SSSR count). The van der Waals surface area contributed by atoms with E-state index in [9.17, 15) is 0 Å². The van der Waals surface area contributed by atoms with Crippen molar-refractivity contribution in [2.24, 2.45) is 10.9 Å². The Morgan fingerprint density at radius 1 is 1.23 bits per heavy atom. The summed E-state index contributed by atoms with van der Waals surface area (Å²) in [4.78, 5) is 18.6. The van der Waals surface area contributed by atoms with E-state index in [4.69, 9.17) is 4.99 Å². The van der Waals surface area contributed by atoms with Gasteiger partial charge in [-0.1, -0.05) is 13.0 Å². The molecule has 30 heavy (non-hydrogen) atoms. The number of guanidine groups is 1. The Hall–Kier alpha value is -1.84. The number of hydrogen-bond donors (Lipinski definition) is 1. The van der Waals surface area contributed by atoms with Gasteiger partial charge in [0, 0.05) is 51.3 Å². The molecule has 8 heteroatoms. The summed E-state index contributed by atoms with van der Waals surface area (Å²) in [5.74, 6) is 2.72. The van der Waals surface area contributed by atoms with Crippen LogP contribution in [0, 0.1) is 5.92 Å². The molecule has 0 aliphatic carbocycles. The molecule has 2 unspecified atom stereocenters. The van der Waals surface area contributed by atoms with Gasteiger partial charge < -0.3 is 19.7 Å². The second kappa shape index (κ2) is 11.0. The molecule has 2 aliphatic heterocycles. The van der Waals surface area contributed by atoms with E-state index in [-0.39, 0.29) is 24.0 Å². The number of aliphatic imine (C=N–C) groups is 1. The van der Waals surface area contributed by atoms with E-state index in [1.807, 2.05) is 18.7 Å². The van der Waals surface area contributed by atoms with E-state index >= 15 is 0 Å². The van der Waals surface area contributed by atoms with Crippen molar-refractivity contribution in [2.45, 2.75) is 45.7 Å². The van der Waals surface area contributed by atoms with Crippen molar-refractivity contribution in [3.8, 4) is 0 Å². The van der Waals surface area contributed by atoms with Crippen molar-refractivity contribution in [3.05, 3.63) is 42.6 Å². The largest absolute Gasteiger partial charge is 0.357 e. The quantitative estimate of drug-likeness (QED) is 0.369. The van der Waals surface area contributed by atoms with Crippen molar-refractivity contribution in [2.75, 3.05) is 37.6 Å². The van der Waals surface area contributed by atoms with E-state index in [1.54, 1.807) is 0 Å². The van der Waals surface area contributed by atoms with E-state index < -0.39 is 0 Å². The van der Waals surface area contributed by atoms with Gasteiger partial charge in [0.05, 0.1) is 18.9 Å². The first kappa shape index (κ1) is 22.8. The number of likely N-dealkylation sites (tertiary alicyclic amines) is 1. The van der Waals surface area contributed by atoms with Crippen molar-refractivity contribution < 1.29 is 0 Å². The summed E-state index contributed by atoms with van der Waals surface area (Å²) in [7, 11) is 0. The van der Waals surface area contributed by atoms with E-state index in [1.165, 1.54) is 12.8 Å². The highest BCUT2D eigenvalue weighted by Gasteiger charge is 2.28. The fourth-order valence-corrected chi connectivity index (χ4v) is 4.33. The van der Waals surface area contributed by atoms with E-state index in [0.29, 0.717) is 18.5 Å². The monoisotopic (exact) mass is 523 g/mol. The molecule has 7 nitrogen and oxygen atoms in total. The lowest BCUT2D eigenvalue weighted by Gasteiger charge is -2.39. The minimum Gasteiger partial charge on any atom is -0.357 e. The maximum absolute atomic E-state index is 4.93. The van der Waals surface area contributed by atoms with Gasteiger partial charge in [0.25, 0.3) is 0 Å². The molecule has 1 N–H and O–H groups in total. The van der Waals surface area contributed by atoms with Crippen LogP contribution in [0.5, 0.6) is 0 Å². The van der Waals surface area contributed by atoms with Crippen LogP contribution in [0.2, 0.25) is 0 Å². The van der Waals surface area contributed by atoms with Crippen LogP contribution in [-0.2, 0) is 6.54 Å². The summed E-state index contributed by atoms with van der Waals surface area (Å²) in [5, 5.41) is 3.48. The van der Waals surface area contributed by atoms with Crippen LogP contribution in [0.25, 0.3) is 0 Å². The van der Waals surface area contributed by atoms with Gasteiger partial charge in [-0.05, 0) is 43.7 Å². The van der Waals surface area contributed by atoms with Crippen LogP contribution in [-0.4, -0.2) is 58.1 Å². The van der Waals surface area contributed by atoms with Gasteiger partial charge in [-0.25, -0.2) is 15.0 Å². The number of piperidine rings is 1. The van der Waals surface area contributed by atoms with Gasteiger partial charge in [0.2, 0.25) is 0 Å². The van der Waals surface area contributed by atoms with Crippen molar-refractivity contribution in [1.29, 1.82) is 0 Å². The van der Waals surface area contributed by atoms with Crippen molar-refractivity contribution in [3.63, 3.8) is 0 Å². The Morgan fingerprint density at radius 2 is 2.07 bits per heavy atom. The minimum absolute atomic E-state index is 0.